The molecule has 0 saturated carbocycles. The van der Waals surface area contributed by atoms with Gasteiger partial charge in [0.2, 0.25) is 5.91 Å². The summed E-state index contributed by atoms with van der Waals surface area (Å²) in [5.74, 6) is 0.0241. The fourth-order valence-corrected chi connectivity index (χ4v) is 4.02. The van der Waals surface area contributed by atoms with Crippen LogP contribution in [0, 0.1) is 12.8 Å². The molecule has 6 nitrogen and oxygen atoms in total. The SMILES string of the molecule is Cc1ccccc1C(=O)NC(CC(C)C)C(=O)NC1CCN(Cc2ccccn2)CC1. The number of aryl methyl sites for hydroxylation is 1. The molecule has 1 atom stereocenters. The van der Waals surface area contributed by atoms with Crippen molar-refractivity contribution in [1.29, 1.82) is 0 Å². The number of hydrogen-bond acceptors (Lipinski definition) is 4. The summed E-state index contributed by atoms with van der Waals surface area (Å²) in [5, 5.41) is 6.15. The molecule has 6 heteroatoms. The Bertz CT molecular complexity index is 861. The Hall–Kier alpha value is -2.73. The predicted molar refractivity (Wildman–Crippen MR) is 123 cm³/mol. The van der Waals surface area contributed by atoms with Gasteiger partial charge in [0, 0.05) is 37.4 Å². The molecule has 2 amide bonds. The van der Waals surface area contributed by atoms with E-state index in [-0.39, 0.29) is 17.9 Å². The Labute approximate surface area is 185 Å². The van der Waals surface area contributed by atoms with Crippen molar-refractivity contribution in [3.8, 4) is 0 Å². The van der Waals surface area contributed by atoms with Crippen LogP contribution in [0.3, 0.4) is 0 Å². The van der Waals surface area contributed by atoms with E-state index in [2.05, 4.69) is 34.4 Å². The molecule has 1 aliphatic heterocycles. The average molecular weight is 423 g/mol. The maximum atomic E-state index is 13.0. The zero-order valence-corrected chi connectivity index (χ0v) is 18.8. The van der Waals surface area contributed by atoms with E-state index in [4.69, 9.17) is 0 Å². The summed E-state index contributed by atoms with van der Waals surface area (Å²) in [6.07, 6.45) is 4.24. The number of nitrogens with zero attached hydrogens (tertiary/aromatic N) is 2. The van der Waals surface area contributed by atoms with Gasteiger partial charge in [-0.15, -0.1) is 0 Å². The zero-order chi connectivity index (χ0) is 22.2. The van der Waals surface area contributed by atoms with Gasteiger partial charge in [0.1, 0.15) is 6.04 Å². The smallest absolute Gasteiger partial charge is 0.252 e. The number of pyridine rings is 1. The molecule has 0 spiro atoms. The van der Waals surface area contributed by atoms with Crippen molar-refractivity contribution in [3.63, 3.8) is 0 Å². The maximum absolute atomic E-state index is 13.0. The number of likely N-dealkylation sites (tertiary alicyclic amines) is 1. The van der Waals surface area contributed by atoms with Crippen molar-refractivity contribution in [3.05, 3.63) is 65.5 Å². The molecule has 1 unspecified atom stereocenters. The van der Waals surface area contributed by atoms with Crippen molar-refractivity contribution in [2.45, 2.75) is 58.7 Å². The van der Waals surface area contributed by atoms with Crippen LogP contribution in [0.25, 0.3) is 0 Å². The molecule has 0 bridgehead atoms. The minimum absolute atomic E-state index is 0.0844. The van der Waals surface area contributed by atoms with Crippen LogP contribution in [0.5, 0.6) is 0 Å². The topological polar surface area (TPSA) is 74.3 Å². The van der Waals surface area contributed by atoms with Crippen LogP contribution >= 0.6 is 0 Å². The minimum Gasteiger partial charge on any atom is -0.351 e. The van der Waals surface area contributed by atoms with Crippen LogP contribution < -0.4 is 10.6 Å². The molecule has 0 radical (unpaired) electrons. The van der Waals surface area contributed by atoms with E-state index in [1.165, 1.54) is 0 Å². The third-order valence-corrected chi connectivity index (χ3v) is 5.76. The summed E-state index contributed by atoms with van der Waals surface area (Å²) in [5.41, 5.74) is 2.59. The second-order valence-corrected chi connectivity index (χ2v) is 8.85. The first-order valence-corrected chi connectivity index (χ1v) is 11.2. The molecule has 1 aromatic carbocycles. The number of nitrogens with one attached hydrogen (secondary N) is 2. The van der Waals surface area contributed by atoms with Crippen molar-refractivity contribution < 1.29 is 9.59 Å². The van der Waals surface area contributed by atoms with E-state index in [9.17, 15) is 9.59 Å². The summed E-state index contributed by atoms with van der Waals surface area (Å²) < 4.78 is 0. The third-order valence-electron chi connectivity index (χ3n) is 5.76. The molecule has 2 heterocycles. The highest BCUT2D eigenvalue weighted by Crippen LogP contribution is 2.15. The maximum Gasteiger partial charge on any atom is 0.252 e. The Morgan fingerprint density at radius 3 is 2.45 bits per heavy atom. The quantitative estimate of drug-likeness (QED) is 0.684. The lowest BCUT2D eigenvalue weighted by Crippen LogP contribution is -2.52. The number of carbonyl (C=O) groups is 2. The molecule has 1 fully saturated rings. The Balaban J connectivity index is 1.53. The standard InChI is InChI=1S/C25H34N4O2/c1-18(2)16-23(28-24(30)22-10-5-4-8-19(22)3)25(31)27-20-11-14-29(15-12-20)17-21-9-6-7-13-26-21/h4-10,13,18,20,23H,11-12,14-17H2,1-3H3,(H,27,31)(H,28,30). The normalized spacial score (nSPS) is 16.1. The highest BCUT2D eigenvalue weighted by Gasteiger charge is 2.27. The van der Waals surface area contributed by atoms with Gasteiger partial charge in [0.25, 0.3) is 5.91 Å². The molecule has 2 aromatic rings. The largest absolute Gasteiger partial charge is 0.351 e. The van der Waals surface area contributed by atoms with Crippen LogP contribution in [0.2, 0.25) is 0 Å². The van der Waals surface area contributed by atoms with E-state index in [0.717, 1.165) is 43.7 Å². The predicted octanol–water partition coefficient (Wildman–Crippen LogP) is 3.32. The van der Waals surface area contributed by atoms with Crippen LogP contribution in [0.1, 0.15) is 54.7 Å². The molecule has 1 saturated heterocycles. The zero-order valence-electron chi connectivity index (χ0n) is 18.8. The molecule has 166 valence electrons. The van der Waals surface area contributed by atoms with Gasteiger partial charge in [-0.25, -0.2) is 0 Å². The summed E-state index contributed by atoms with van der Waals surface area (Å²) in [6.45, 7) is 8.72. The van der Waals surface area contributed by atoms with Crippen molar-refractivity contribution in [2.75, 3.05) is 13.1 Å². The molecular formula is C25H34N4O2. The first-order chi connectivity index (χ1) is 14.9. The van der Waals surface area contributed by atoms with Gasteiger partial charge >= 0.3 is 0 Å². The lowest BCUT2D eigenvalue weighted by molar-refractivity contribution is -0.124. The fourth-order valence-electron chi connectivity index (χ4n) is 4.02. The lowest BCUT2D eigenvalue weighted by atomic mass is 10.00. The van der Waals surface area contributed by atoms with Crippen molar-refractivity contribution in [2.24, 2.45) is 5.92 Å². The number of amides is 2. The summed E-state index contributed by atoms with van der Waals surface area (Å²) in [6, 6.07) is 13.0. The minimum atomic E-state index is -0.529. The number of carbonyl (C=O) groups excluding carboxylic acids is 2. The summed E-state index contributed by atoms with van der Waals surface area (Å²) in [4.78, 5) is 32.6. The number of piperidine rings is 1. The Kier molecular flexibility index (Phi) is 8.18. The highest BCUT2D eigenvalue weighted by atomic mass is 16.2. The fraction of sp³-hybridized carbons (Fsp3) is 0.480. The van der Waals surface area contributed by atoms with Crippen LogP contribution in [-0.2, 0) is 11.3 Å². The first-order valence-electron chi connectivity index (χ1n) is 11.2. The Morgan fingerprint density at radius 1 is 1.10 bits per heavy atom. The average Bonchev–Trinajstić information content (AvgIpc) is 2.75. The molecule has 1 aromatic heterocycles. The van der Waals surface area contributed by atoms with Crippen molar-refractivity contribution in [1.82, 2.24) is 20.5 Å². The second kappa shape index (κ2) is 11.0. The van der Waals surface area contributed by atoms with Gasteiger partial charge in [0.15, 0.2) is 0 Å². The van der Waals surface area contributed by atoms with Gasteiger partial charge < -0.3 is 10.6 Å². The van der Waals surface area contributed by atoms with E-state index in [1.807, 2.05) is 49.5 Å². The number of rotatable bonds is 8. The number of benzene rings is 1. The molecule has 1 aliphatic rings. The molecule has 31 heavy (non-hydrogen) atoms. The van der Waals surface area contributed by atoms with Gasteiger partial charge in [-0.05, 0) is 55.9 Å². The van der Waals surface area contributed by atoms with E-state index in [1.54, 1.807) is 6.07 Å². The van der Waals surface area contributed by atoms with Crippen LogP contribution in [0.4, 0.5) is 0 Å². The second-order valence-electron chi connectivity index (χ2n) is 8.85. The first kappa shape index (κ1) is 22.9. The molecule has 3 rings (SSSR count). The summed E-state index contributed by atoms with van der Waals surface area (Å²) in [7, 11) is 0. The van der Waals surface area contributed by atoms with Crippen molar-refractivity contribution >= 4 is 11.8 Å². The molecule has 2 N–H and O–H groups in total. The summed E-state index contributed by atoms with van der Waals surface area (Å²) >= 11 is 0. The Morgan fingerprint density at radius 2 is 1.81 bits per heavy atom. The van der Waals surface area contributed by atoms with Gasteiger partial charge in [-0.3, -0.25) is 19.5 Å². The molecule has 0 aliphatic carbocycles. The highest BCUT2D eigenvalue weighted by molar-refractivity contribution is 5.98. The van der Waals surface area contributed by atoms with Gasteiger partial charge in [-0.2, -0.15) is 0 Å². The monoisotopic (exact) mass is 422 g/mol. The van der Waals surface area contributed by atoms with Crippen LogP contribution in [-0.4, -0.2) is 46.9 Å². The van der Waals surface area contributed by atoms with E-state index >= 15 is 0 Å². The van der Waals surface area contributed by atoms with E-state index < -0.39 is 6.04 Å². The number of hydrogen-bond donors (Lipinski definition) is 2. The van der Waals surface area contributed by atoms with E-state index in [0.29, 0.717) is 17.9 Å². The van der Waals surface area contributed by atoms with Crippen LogP contribution in [0.15, 0.2) is 48.7 Å². The number of aromatic nitrogens is 1. The van der Waals surface area contributed by atoms with Gasteiger partial charge in [0.05, 0.1) is 5.69 Å². The third kappa shape index (κ3) is 6.89. The van der Waals surface area contributed by atoms with Gasteiger partial charge in [-0.1, -0.05) is 38.1 Å². The lowest BCUT2D eigenvalue weighted by Gasteiger charge is -2.33. The molecular weight excluding hydrogens is 388 g/mol.